The Morgan fingerprint density at radius 3 is 2.62 bits per heavy atom. The largest absolute Gasteiger partial charge is 0.481 e. The lowest BCUT2D eigenvalue weighted by Crippen LogP contribution is -2.54. The zero-order valence-electron chi connectivity index (χ0n) is 14.5. The van der Waals surface area contributed by atoms with Crippen LogP contribution in [0.25, 0.3) is 0 Å². The van der Waals surface area contributed by atoms with Gasteiger partial charge < -0.3 is 19.6 Å². The van der Waals surface area contributed by atoms with Gasteiger partial charge in [-0.25, -0.2) is 0 Å². The van der Waals surface area contributed by atoms with E-state index >= 15 is 0 Å². The molecule has 0 aromatic carbocycles. The number of ether oxygens (including phenoxy) is 1. The molecule has 24 heavy (non-hydrogen) atoms. The zero-order chi connectivity index (χ0) is 17.6. The number of carbonyl (C=O) groups is 3. The predicted octanol–water partition coefficient (Wildman–Crippen LogP) is 1.12. The van der Waals surface area contributed by atoms with Crippen molar-refractivity contribution in [3.05, 3.63) is 0 Å². The third-order valence-electron chi connectivity index (χ3n) is 5.05. The number of rotatable bonds is 5. The number of likely N-dealkylation sites (tertiary alicyclic amines) is 2. The van der Waals surface area contributed by atoms with Crippen LogP contribution in [-0.2, 0) is 19.1 Å². The molecular formula is C17H28N2O5. The number of amides is 2. The number of carboxylic acid groups (broad SMARTS) is 1. The van der Waals surface area contributed by atoms with Crippen LogP contribution in [0.15, 0.2) is 0 Å². The number of aliphatic carboxylic acids is 1. The minimum atomic E-state index is -1.04. The first-order chi connectivity index (χ1) is 11.5. The van der Waals surface area contributed by atoms with Gasteiger partial charge in [0.1, 0.15) is 5.41 Å². The summed E-state index contributed by atoms with van der Waals surface area (Å²) in [7, 11) is 1.48. The van der Waals surface area contributed by atoms with Gasteiger partial charge in [-0.2, -0.15) is 0 Å². The third-order valence-corrected chi connectivity index (χ3v) is 5.05. The van der Waals surface area contributed by atoms with Gasteiger partial charge in [0.25, 0.3) is 0 Å². The summed E-state index contributed by atoms with van der Waals surface area (Å²) in [6.07, 6.45) is 5.58. The number of hydrogen-bond acceptors (Lipinski definition) is 4. The molecule has 2 aliphatic heterocycles. The van der Waals surface area contributed by atoms with Gasteiger partial charge in [-0.05, 0) is 25.7 Å². The molecule has 136 valence electrons. The Morgan fingerprint density at radius 1 is 1.17 bits per heavy atom. The Hall–Kier alpha value is -1.63. The first-order valence-corrected chi connectivity index (χ1v) is 8.76. The Labute approximate surface area is 142 Å². The maximum absolute atomic E-state index is 12.6. The van der Waals surface area contributed by atoms with Crippen molar-refractivity contribution < 1.29 is 24.2 Å². The van der Waals surface area contributed by atoms with Gasteiger partial charge in [-0.3, -0.25) is 14.4 Å². The van der Waals surface area contributed by atoms with E-state index in [4.69, 9.17) is 4.74 Å². The fourth-order valence-electron chi connectivity index (χ4n) is 3.62. The molecule has 0 unspecified atom stereocenters. The highest BCUT2D eigenvalue weighted by molar-refractivity contribution is 5.85. The number of methoxy groups -OCH3 is 1. The molecule has 2 heterocycles. The summed E-state index contributed by atoms with van der Waals surface area (Å²) in [4.78, 5) is 39.7. The van der Waals surface area contributed by atoms with Crippen molar-refractivity contribution in [1.82, 2.24) is 9.80 Å². The van der Waals surface area contributed by atoms with Crippen molar-refractivity contribution >= 4 is 17.8 Å². The molecule has 0 saturated carbocycles. The molecule has 0 aromatic rings. The van der Waals surface area contributed by atoms with Crippen molar-refractivity contribution in [3.63, 3.8) is 0 Å². The molecule has 2 aliphatic rings. The van der Waals surface area contributed by atoms with Crippen molar-refractivity contribution in [2.75, 3.05) is 39.9 Å². The van der Waals surface area contributed by atoms with Gasteiger partial charge in [0.05, 0.1) is 13.2 Å². The van der Waals surface area contributed by atoms with Crippen LogP contribution in [0.4, 0.5) is 0 Å². The summed E-state index contributed by atoms with van der Waals surface area (Å²) in [5, 5.41) is 9.57. The van der Waals surface area contributed by atoms with E-state index in [1.807, 2.05) is 0 Å². The number of carbonyl (C=O) groups excluding carboxylic acids is 2. The highest BCUT2D eigenvalue weighted by Gasteiger charge is 2.44. The van der Waals surface area contributed by atoms with E-state index in [1.54, 1.807) is 9.80 Å². The molecule has 2 saturated heterocycles. The van der Waals surface area contributed by atoms with Crippen molar-refractivity contribution in [2.24, 2.45) is 5.41 Å². The topological polar surface area (TPSA) is 87.2 Å². The Balaban J connectivity index is 2.00. The highest BCUT2D eigenvalue weighted by Crippen LogP contribution is 2.31. The van der Waals surface area contributed by atoms with E-state index < -0.39 is 11.4 Å². The van der Waals surface area contributed by atoms with Gasteiger partial charge in [0, 0.05) is 33.2 Å². The smallest absolute Gasteiger partial charge is 0.313 e. The second-order valence-corrected chi connectivity index (χ2v) is 6.92. The van der Waals surface area contributed by atoms with Crippen LogP contribution >= 0.6 is 0 Å². The molecule has 2 rings (SSSR count). The fourth-order valence-corrected chi connectivity index (χ4v) is 3.62. The average molecular weight is 340 g/mol. The van der Waals surface area contributed by atoms with Crippen molar-refractivity contribution in [1.29, 1.82) is 0 Å². The molecule has 0 radical (unpaired) electrons. The van der Waals surface area contributed by atoms with Gasteiger partial charge in [-0.1, -0.05) is 12.8 Å². The lowest BCUT2D eigenvalue weighted by molar-refractivity contribution is -0.160. The summed E-state index contributed by atoms with van der Waals surface area (Å²) >= 11 is 0. The number of hydrogen-bond donors (Lipinski definition) is 1. The number of carboxylic acids is 1. The molecule has 0 spiro atoms. The van der Waals surface area contributed by atoms with E-state index in [0.29, 0.717) is 32.4 Å². The van der Waals surface area contributed by atoms with Gasteiger partial charge in [-0.15, -0.1) is 0 Å². The highest BCUT2D eigenvalue weighted by atomic mass is 16.5. The molecule has 0 aliphatic carbocycles. The number of piperidine rings is 1. The number of nitrogens with zero attached hydrogens (tertiary/aromatic N) is 2. The molecule has 0 bridgehead atoms. The second kappa shape index (κ2) is 8.46. The molecule has 7 heteroatoms. The zero-order valence-corrected chi connectivity index (χ0v) is 14.5. The van der Waals surface area contributed by atoms with Crippen LogP contribution in [0.2, 0.25) is 0 Å². The maximum atomic E-state index is 12.6. The summed E-state index contributed by atoms with van der Waals surface area (Å²) in [5.41, 5.74) is -1.04. The predicted molar refractivity (Wildman–Crippen MR) is 87.4 cm³/mol. The molecule has 2 amide bonds. The summed E-state index contributed by atoms with van der Waals surface area (Å²) < 4.78 is 5.09. The first kappa shape index (κ1) is 18.7. The molecular weight excluding hydrogens is 312 g/mol. The summed E-state index contributed by atoms with van der Waals surface area (Å²) in [6.45, 7) is 1.45. The molecule has 7 nitrogen and oxygen atoms in total. The van der Waals surface area contributed by atoms with Crippen LogP contribution in [0, 0.1) is 5.41 Å². The Morgan fingerprint density at radius 2 is 1.92 bits per heavy atom. The van der Waals surface area contributed by atoms with Gasteiger partial charge in [0.2, 0.25) is 11.8 Å². The molecule has 0 aromatic heterocycles. The normalized spacial score (nSPS) is 26.0. The van der Waals surface area contributed by atoms with Crippen LogP contribution in [-0.4, -0.2) is 72.6 Å². The molecule has 1 N–H and O–H groups in total. The SMILES string of the molecule is COC[C@@]1(C(=O)O)CCCN(C(=O)CN2CCCCCCC2=O)C1. The summed E-state index contributed by atoms with van der Waals surface area (Å²) in [6, 6.07) is 0. The monoisotopic (exact) mass is 340 g/mol. The third kappa shape index (κ3) is 4.47. The van der Waals surface area contributed by atoms with Gasteiger partial charge in [0.15, 0.2) is 0 Å². The average Bonchev–Trinajstić information content (AvgIpc) is 2.55. The quantitative estimate of drug-likeness (QED) is 0.810. The van der Waals surface area contributed by atoms with Gasteiger partial charge >= 0.3 is 5.97 Å². The lowest BCUT2D eigenvalue weighted by atomic mass is 9.80. The van der Waals surface area contributed by atoms with E-state index in [0.717, 1.165) is 25.7 Å². The van der Waals surface area contributed by atoms with Crippen molar-refractivity contribution in [3.8, 4) is 0 Å². The summed E-state index contributed by atoms with van der Waals surface area (Å²) in [5.74, 6) is -1.06. The van der Waals surface area contributed by atoms with Crippen LogP contribution in [0.5, 0.6) is 0 Å². The molecule has 1 atom stereocenters. The lowest BCUT2D eigenvalue weighted by Gasteiger charge is -2.40. The Kier molecular flexibility index (Phi) is 6.60. The maximum Gasteiger partial charge on any atom is 0.313 e. The Bertz CT molecular complexity index is 478. The van der Waals surface area contributed by atoms with E-state index in [2.05, 4.69) is 0 Å². The second-order valence-electron chi connectivity index (χ2n) is 6.92. The van der Waals surface area contributed by atoms with E-state index in [-0.39, 0.29) is 31.5 Å². The van der Waals surface area contributed by atoms with Crippen LogP contribution in [0.3, 0.4) is 0 Å². The minimum Gasteiger partial charge on any atom is -0.481 e. The standard InChI is InChI=1S/C17H28N2O5/c1-24-13-17(16(22)23)8-6-10-19(12-17)15(21)11-18-9-5-3-2-4-7-14(18)20/h2-13H2,1H3,(H,22,23)/t17-/m1/s1. The van der Waals surface area contributed by atoms with Crippen LogP contribution in [0.1, 0.15) is 44.9 Å². The van der Waals surface area contributed by atoms with Crippen LogP contribution < -0.4 is 0 Å². The minimum absolute atomic E-state index is 0.0291. The van der Waals surface area contributed by atoms with E-state index in [9.17, 15) is 19.5 Å². The first-order valence-electron chi connectivity index (χ1n) is 8.76. The molecule has 2 fully saturated rings. The fraction of sp³-hybridized carbons (Fsp3) is 0.824. The van der Waals surface area contributed by atoms with E-state index in [1.165, 1.54) is 7.11 Å². The van der Waals surface area contributed by atoms with Crippen molar-refractivity contribution in [2.45, 2.75) is 44.9 Å².